The van der Waals surface area contributed by atoms with Gasteiger partial charge in [-0.2, -0.15) is 0 Å². The van der Waals surface area contributed by atoms with Crippen molar-refractivity contribution in [2.45, 2.75) is 0 Å². The van der Waals surface area contributed by atoms with Crippen LogP contribution in [0.2, 0.25) is 0 Å². The van der Waals surface area contributed by atoms with Crippen molar-refractivity contribution in [1.82, 2.24) is 9.80 Å². The maximum atomic E-state index is 11.5. The van der Waals surface area contributed by atoms with Crippen LogP contribution in [0.4, 0.5) is 0 Å². The van der Waals surface area contributed by atoms with E-state index < -0.39 is 20.7 Å². The van der Waals surface area contributed by atoms with Gasteiger partial charge in [0.25, 0.3) is 0 Å². The molecule has 2 aliphatic rings. The van der Waals surface area contributed by atoms with Crippen molar-refractivity contribution in [1.29, 1.82) is 0 Å². The van der Waals surface area contributed by atoms with E-state index in [9.17, 15) is 20.2 Å². The molecule has 23 heavy (non-hydrogen) atoms. The molecule has 0 amide bonds. The molecule has 0 saturated carbocycles. The van der Waals surface area contributed by atoms with E-state index in [1.807, 2.05) is 0 Å². The van der Waals surface area contributed by atoms with Gasteiger partial charge in [0.05, 0.1) is 36.3 Å². The van der Waals surface area contributed by atoms with Crippen LogP contribution in [0.1, 0.15) is 0 Å². The van der Waals surface area contributed by atoms with Crippen LogP contribution in [-0.4, -0.2) is 72.3 Å². The van der Waals surface area contributed by atoms with Crippen molar-refractivity contribution in [3.8, 4) is 0 Å². The molecule has 11 heteroatoms. The monoisotopic (exact) mass is 348 g/mol. The minimum absolute atomic E-state index is 0.321. The third-order valence-corrected chi connectivity index (χ3v) is 3.72. The predicted molar refractivity (Wildman–Crippen MR) is 79.7 cm³/mol. The van der Waals surface area contributed by atoms with Crippen molar-refractivity contribution < 1.29 is 19.3 Å². The number of morpholine rings is 2. The number of hydrogen-bond acceptors (Lipinski definition) is 8. The lowest BCUT2D eigenvalue weighted by Gasteiger charge is -2.38. The largest absolute Gasteiger partial charge is 0.378 e. The van der Waals surface area contributed by atoms with E-state index in [4.69, 9.17) is 21.1 Å². The zero-order valence-electron chi connectivity index (χ0n) is 12.4. The fraction of sp³-hybridized carbons (Fsp3) is 0.667. The highest BCUT2D eigenvalue weighted by atomic mass is 35.5. The van der Waals surface area contributed by atoms with Gasteiger partial charge in [0.2, 0.25) is 0 Å². The number of nitro groups is 2. The number of halogens is 1. The normalized spacial score (nSPS) is 19.4. The highest BCUT2D eigenvalue weighted by Crippen LogP contribution is 2.22. The molecule has 0 N–H and O–H groups in total. The van der Waals surface area contributed by atoms with Crippen LogP contribution < -0.4 is 0 Å². The van der Waals surface area contributed by atoms with Crippen LogP contribution >= 0.6 is 11.6 Å². The molecule has 0 aromatic heterocycles. The molecule has 2 aliphatic heterocycles. The first-order chi connectivity index (χ1) is 11.0. The fourth-order valence-electron chi connectivity index (χ4n) is 2.44. The van der Waals surface area contributed by atoms with E-state index in [2.05, 4.69) is 0 Å². The third kappa shape index (κ3) is 4.53. The Morgan fingerprint density at radius 2 is 1.35 bits per heavy atom. The Morgan fingerprint density at radius 3 is 1.70 bits per heavy atom. The summed E-state index contributed by atoms with van der Waals surface area (Å²) in [4.78, 5) is 24.3. The Kier molecular flexibility index (Phi) is 6.13. The van der Waals surface area contributed by atoms with Crippen LogP contribution in [0.15, 0.2) is 22.8 Å². The second-order valence-electron chi connectivity index (χ2n) is 4.89. The van der Waals surface area contributed by atoms with Crippen LogP contribution in [0.3, 0.4) is 0 Å². The Balaban J connectivity index is 2.46. The fourth-order valence-corrected chi connectivity index (χ4v) is 2.54. The molecule has 0 radical (unpaired) electrons. The average molecular weight is 349 g/mol. The molecule has 0 aliphatic carbocycles. The van der Waals surface area contributed by atoms with Crippen LogP contribution in [0, 0.1) is 20.2 Å². The highest BCUT2D eigenvalue weighted by molar-refractivity contribution is 6.28. The smallest absolute Gasteiger partial charge is 0.344 e. The molecule has 2 heterocycles. The number of rotatable bonds is 5. The van der Waals surface area contributed by atoms with E-state index >= 15 is 0 Å². The molecule has 2 fully saturated rings. The molecular formula is C12H17ClN4O6. The topological polar surface area (TPSA) is 111 Å². The minimum Gasteiger partial charge on any atom is -0.378 e. The van der Waals surface area contributed by atoms with E-state index in [0.717, 1.165) is 6.08 Å². The quantitative estimate of drug-likeness (QED) is 0.305. The van der Waals surface area contributed by atoms with Gasteiger partial charge in [-0.1, -0.05) is 0 Å². The summed E-state index contributed by atoms with van der Waals surface area (Å²) in [6, 6.07) is 0. The van der Waals surface area contributed by atoms with Gasteiger partial charge in [0.1, 0.15) is 6.08 Å². The maximum absolute atomic E-state index is 11.5. The molecule has 0 aromatic carbocycles. The lowest BCUT2D eigenvalue weighted by molar-refractivity contribution is -0.430. The van der Waals surface area contributed by atoms with Crippen molar-refractivity contribution in [2.75, 3.05) is 52.6 Å². The van der Waals surface area contributed by atoms with Crippen LogP contribution in [0.25, 0.3) is 0 Å². The van der Waals surface area contributed by atoms with Crippen LogP contribution in [-0.2, 0) is 9.47 Å². The Hall–Kier alpha value is -1.91. The molecular weight excluding hydrogens is 332 g/mol. The summed E-state index contributed by atoms with van der Waals surface area (Å²) in [5, 5.41) is 21.4. The van der Waals surface area contributed by atoms with Gasteiger partial charge in [-0.25, -0.2) is 0 Å². The van der Waals surface area contributed by atoms with Crippen molar-refractivity contribution in [3.63, 3.8) is 0 Å². The van der Waals surface area contributed by atoms with E-state index in [0.29, 0.717) is 58.4 Å². The van der Waals surface area contributed by atoms with Gasteiger partial charge in [0, 0.05) is 26.2 Å². The Labute approximate surface area is 137 Å². The maximum Gasteiger partial charge on any atom is 0.344 e. The first kappa shape index (κ1) is 17.4. The van der Waals surface area contributed by atoms with Crippen LogP contribution in [0.5, 0.6) is 0 Å². The lowest BCUT2D eigenvalue weighted by Crippen LogP contribution is -2.47. The Morgan fingerprint density at radius 1 is 0.913 bits per heavy atom. The predicted octanol–water partition coefficient (Wildman–Crippen LogP) is 0.453. The number of hydrogen-bond donors (Lipinski definition) is 0. The molecule has 10 nitrogen and oxygen atoms in total. The summed E-state index contributed by atoms with van der Waals surface area (Å²) in [6.07, 6.45) is 0.793. The second-order valence-corrected chi connectivity index (χ2v) is 5.28. The van der Waals surface area contributed by atoms with Gasteiger partial charge in [-0.05, 0) is 11.6 Å². The highest BCUT2D eigenvalue weighted by Gasteiger charge is 2.31. The van der Waals surface area contributed by atoms with Crippen molar-refractivity contribution in [2.24, 2.45) is 0 Å². The second kappa shape index (κ2) is 8.09. The molecule has 0 atom stereocenters. The molecule has 2 saturated heterocycles. The zero-order valence-corrected chi connectivity index (χ0v) is 13.1. The summed E-state index contributed by atoms with van der Waals surface area (Å²) in [5.74, 6) is 0.321. The van der Waals surface area contributed by atoms with Gasteiger partial charge >= 0.3 is 10.9 Å². The summed E-state index contributed by atoms with van der Waals surface area (Å²) < 4.78 is 10.5. The van der Waals surface area contributed by atoms with E-state index in [1.165, 1.54) is 0 Å². The molecule has 0 aromatic rings. The molecule has 128 valence electrons. The first-order valence-electron chi connectivity index (χ1n) is 7.06. The Bertz CT molecular complexity index is 506. The number of nitrogens with zero attached hydrogens (tertiary/aromatic N) is 4. The first-order valence-corrected chi connectivity index (χ1v) is 7.44. The van der Waals surface area contributed by atoms with Gasteiger partial charge in [-0.15, -0.1) is 0 Å². The summed E-state index contributed by atoms with van der Waals surface area (Å²) >= 11 is 5.51. The minimum atomic E-state index is -0.860. The van der Waals surface area contributed by atoms with Crippen molar-refractivity contribution in [3.05, 3.63) is 43.0 Å². The van der Waals surface area contributed by atoms with Gasteiger partial charge in [-0.3, -0.25) is 20.2 Å². The standard InChI is InChI=1S/C12H17ClN4O6/c13-11(17(20)21)9-10(16(18)19)12(14-1-5-22-6-2-14)15-3-7-23-8-4-15/h9H,1-8H2/b11-9+. The molecule has 2 rings (SSSR count). The van der Waals surface area contributed by atoms with E-state index in [-0.39, 0.29) is 0 Å². The van der Waals surface area contributed by atoms with E-state index in [1.54, 1.807) is 9.80 Å². The summed E-state index contributed by atoms with van der Waals surface area (Å²) in [7, 11) is 0. The van der Waals surface area contributed by atoms with Crippen molar-refractivity contribution >= 4 is 11.6 Å². The van der Waals surface area contributed by atoms with Gasteiger partial charge < -0.3 is 19.3 Å². The molecule has 0 bridgehead atoms. The number of ether oxygens (including phenoxy) is 2. The molecule has 0 spiro atoms. The SMILES string of the molecule is O=[N+]([O-])C(/C=C(\Cl)[N+](=O)[O-])=C(N1CCOCC1)N1CCOCC1. The zero-order chi connectivity index (χ0) is 16.8. The summed E-state index contributed by atoms with van der Waals surface area (Å²) in [5.41, 5.74) is -0.393. The van der Waals surface area contributed by atoms with Gasteiger partial charge in [0.15, 0.2) is 5.82 Å². The molecule has 0 unspecified atom stereocenters. The average Bonchev–Trinajstić information content (AvgIpc) is 2.56. The summed E-state index contributed by atoms with van der Waals surface area (Å²) in [6.45, 7) is 3.61. The number of allylic oxidation sites excluding steroid dienone is 1. The third-order valence-electron chi connectivity index (χ3n) is 3.48. The lowest BCUT2D eigenvalue weighted by atomic mass is 10.3.